The SMILES string of the molecule is COCCCNc1nc(C)cn1CC1CCOC1. The highest BCUT2D eigenvalue weighted by molar-refractivity contribution is 5.28. The second kappa shape index (κ2) is 6.75. The number of nitrogens with zero attached hydrogens (tertiary/aromatic N) is 2. The molecule has 1 fully saturated rings. The van der Waals surface area contributed by atoms with Crippen molar-refractivity contribution in [1.82, 2.24) is 9.55 Å². The minimum atomic E-state index is 0.623. The number of methoxy groups -OCH3 is 1. The number of aryl methyl sites for hydroxylation is 1. The van der Waals surface area contributed by atoms with Crippen molar-refractivity contribution in [3.8, 4) is 0 Å². The standard InChI is InChI=1S/C13H23N3O2/c1-11-8-16(9-12-4-7-18-10-12)13(15-11)14-5-3-6-17-2/h8,12H,3-7,9-10H2,1-2H3,(H,14,15). The molecule has 0 aliphatic carbocycles. The first-order chi connectivity index (χ1) is 8.79. The monoisotopic (exact) mass is 253 g/mol. The van der Waals surface area contributed by atoms with E-state index in [0.29, 0.717) is 5.92 Å². The molecule has 1 atom stereocenters. The van der Waals surface area contributed by atoms with Gasteiger partial charge in [-0.25, -0.2) is 4.98 Å². The molecule has 1 N–H and O–H groups in total. The lowest BCUT2D eigenvalue weighted by atomic mass is 10.1. The Kier molecular flexibility index (Phi) is 5.01. The third-order valence-electron chi connectivity index (χ3n) is 3.18. The summed E-state index contributed by atoms with van der Waals surface area (Å²) in [5.41, 5.74) is 1.06. The summed E-state index contributed by atoms with van der Waals surface area (Å²) in [5.74, 6) is 1.59. The van der Waals surface area contributed by atoms with E-state index in [4.69, 9.17) is 9.47 Å². The number of hydrogen-bond acceptors (Lipinski definition) is 4. The molecule has 2 heterocycles. The smallest absolute Gasteiger partial charge is 0.203 e. The fourth-order valence-electron chi connectivity index (χ4n) is 2.25. The number of aromatic nitrogens is 2. The number of imidazole rings is 1. The number of rotatable bonds is 7. The molecule has 18 heavy (non-hydrogen) atoms. The molecule has 1 aromatic rings. The maximum absolute atomic E-state index is 5.42. The molecule has 0 aromatic carbocycles. The molecule has 102 valence electrons. The van der Waals surface area contributed by atoms with E-state index >= 15 is 0 Å². The average molecular weight is 253 g/mol. The van der Waals surface area contributed by atoms with Gasteiger partial charge in [-0.3, -0.25) is 0 Å². The fraction of sp³-hybridized carbons (Fsp3) is 0.769. The third kappa shape index (κ3) is 3.71. The normalized spacial score (nSPS) is 19.3. The first-order valence-corrected chi connectivity index (χ1v) is 6.64. The van der Waals surface area contributed by atoms with Crippen molar-refractivity contribution in [3.63, 3.8) is 0 Å². The number of ether oxygens (including phenoxy) is 2. The summed E-state index contributed by atoms with van der Waals surface area (Å²) < 4.78 is 12.7. The molecule has 1 aromatic heterocycles. The van der Waals surface area contributed by atoms with Gasteiger partial charge in [0.2, 0.25) is 5.95 Å². The minimum absolute atomic E-state index is 0.623. The zero-order chi connectivity index (χ0) is 12.8. The first-order valence-electron chi connectivity index (χ1n) is 6.64. The Bertz CT molecular complexity index is 359. The molecule has 1 saturated heterocycles. The van der Waals surface area contributed by atoms with E-state index in [-0.39, 0.29) is 0 Å². The Labute approximate surface area is 108 Å². The molecule has 1 aliphatic heterocycles. The first kappa shape index (κ1) is 13.4. The number of hydrogen-bond donors (Lipinski definition) is 1. The second-order valence-corrected chi connectivity index (χ2v) is 4.86. The third-order valence-corrected chi connectivity index (χ3v) is 3.18. The molecule has 5 nitrogen and oxygen atoms in total. The zero-order valence-corrected chi connectivity index (χ0v) is 11.3. The van der Waals surface area contributed by atoms with Gasteiger partial charge in [-0.15, -0.1) is 0 Å². The van der Waals surface area contributed by atoms with Crippen molar-refractivity contribution in [1.29, 1.82) is 0 Å². The summed E-state index contributed by atoms with van der Waals surface area (Å²) in [6, 6.07) is 0. The van der Waals surface area contributed by atoms with E-state index in [1.54, 1.807) is 7.11 Å². The summed E-state index contributed by atoms with van der Waals surface area (Å²) in [7, 11) is 1.73. The molecule has 0 saturated carbocycles. The van der Waals surface area contributed by atoms with Gasteiger partial charge in [0.15, 0.2) is 0 Å². The van der Waals surface area contributed by atoms with Crippen molar-refractivity contribution in [2.24, 2.45) is 5.92 Å². The summed E-state index contributed by atoms with van der Waals surface area (Å²) in [5, 5.41) is 3.37. The van der Waals surface area contributed by atoms with E-state index < -0.39 is 0 Å². The summed E-state index contributed by atoms with van der Waals surface area (Å²) in [6.07, 6.45) is 4.26. The lowest BCUT2D eigenvalue weighted by Crippen LogP contribution is -2.14. The Morgan fingerprint density at radius 3 is 3.22 bits per heavy atom. The van der Waals surface area contributed by atoms with Crippen LogP contribution in [-0.2, 0) is 16.0 Å². The van der Waals surface area contributed by atoms with Gasteiger partial charge in [-0.1, -0.05) is 0 Å². The quantitative estimate of drug-likeness (QED) is 0.751. The van der Waals surface area contributed by atoms with Crippen LogP contribution in [0.3, 0.4) is 0 Å². The highest BCUT2D eigenvalue weighted by Gasteiger charge is 2.17. The van der Waals surface area contributed by atoms with E-state index in [9.17, 15) is 0 Å². The summed E-state index contributed by atoms with van der Waals surface area (Å²) in [4.78, 5) is 4.52. The molecule has 1 aliphatic rings. The van der Waals surface area contributed by atoms with Crippen LogP contribution in [0.1, 0.15) is 18.5 Å². The maximum atomic E-state index is 5.42. The Balaban J connectivity index is 1.87. The van der Waals surface area contributed by atoms with E-state index in [2.05, 4.69) is 21.1 Å². The zero-order valence-electron chi connectivity index (χ0n) is 11.3. The van der Waals surface area contributed by atoms with Crippen LogP contribution in [0.4, 0.5) is 5.95 Å². The second-order valence-electron chi connectivity index (χ2n) is 4.86. The van der Waals surface area contributed by atoms with E-state index in [1.807, 2.05) is 6.92 Å². The van der Waals surface area contributed by atoms with Gasteiger partial charge < -0.3 is 19.4 Å². The molecule has 1 unspecified atom stereocenters. The van der Waals surface area contributed by atoms with Gasteiger partial charge in [0.1, 0.15) is 0 Å². The van der Waals surface area contributed by atoms with Gasteiger partial charge in [-0.2, -0.15) is 0 Å². The lowest BCUT2D eigenvalue weighted by Gasteiger charge is -2.12. The molecule has 0 bridgehead atoms. The van der Waals surface area contributed by atoms with Gasteiger partial charge >= 0.3 is 0 Å². The Morgan fingerprint density at radius 2 is 2.50 bits per heavy atom. The highest BCUT2D eigenvalue weighted by Crippen LogP contribution is 2.18. The minimum Gasteiger partial charge on any atom is -0.385 e. The van der Waals surface area contributed by atoms with Gasteiger partial charge in [0.25, 0.3) is 0 Å². The molecular weight excluding hydrogens is 230 g/mol. The largest absolute Gasteiger partial charge is 0.385 e. The van der Waals surface area contributed by atoms with Crippen LogP contribution in [0.25, 0.3) is 0 Å². The molecule has 5 heteroatoms. The number of nitrogens with one attached hydrogen (secondary N) is 1. The molecule has 0 radical (unpaired) electrons. The predicted molar refractivity (Wildman–Crippen MR) is 70.9 cm³/mol. The van der Waals surface area contributed by atoms with E-state index in [1.165, 1.54) is 0 Å². The summed E-state index contributed by atoms with van der Waals surface area (Å²) in [6.45, 7) is 6.47. The van der Waals surface area contributed by atoms with Gasteiger partial charge in [-0.05, 0) is 19.8 Å². The van der Waals surface area contributed by atoms with Crippen molar-refractivity contribution >= 4 is 5.95 Å². The fourth-order valence-corrected chi connectivity index (χ4v) is 2.25. The van der Waals surface area contributed by atoms with Crippen LogP contribution < -0.4 is 5.32 Å². The number of anilines is 1. The van der Waals surface area contributed by atoms with Crippen LogP contribution in [0.15, 0.2) is 6.20 Å². The van der Waals surface area contributed by atoms with Gasteiger partial charge in [0.05, 0.1) is 12.3 Å². The van der Waals surface area contributed by atoms with Crippen LogP contribution in [-0.4, -0.2) is 43.0 Å². The molecule has 2 rings (SSSR count). The molecule has 0 spiro atoms. The topological polar surface area (TPSA) is 48.3 Å². The van der Waals surface area contributed by atoms with E-state index in [0.717, 1.165) is 57.4 Å². The molecular formula is C13H23N3O2. The van der Waals surface area contributed by atoms with Crippen molar-refractivity contribution < 1.29 is 9.47 Å². The van der Waals surface area contributed by atoms with Crippen molar-refractivity contribution in [3.05, 3.63) is 11.9 Å². The van der Waals surface area contributed by atoms with Crippen LogP contribution in [0.2, 0.25) is 0 Å². The average Bonchev–Trinajstić information content (AvgIpc) is 2.96. The van der Waals surface area contributed by atoms with Crippen LogP contribution in [0, 0.1) is 12.8 Å². The van der Waals surface area contributed by atoms with Crippen LogP contribution >= 0.6 is 0 Å². The van der Waals surface area contributed by atoms with Crippen molar-refractivity contribution in [2.75, 3.05) is 38.8 Å². The van der Waals surface area contributed by atoms with Crippen LogP contribution in [0.5, 0.6) is 0 Å². The highest BCUT2D eigenvalue weighted by atomic mass is 16.5. The molecule has 0 amide bonds. The van der Waals surface area contributed by atoms with Gasteiger partial charge in [0, 0.05) is 45.5 Å². The van der Waals surface area contributed by atoms with Crippen molar-refractivity contribution in [2.45, 2.75) is 26.3 Å². The lowest BCUT2D eigenvalue weighted by molar-refractivity contribution is 0.182. The maximum Gasteiger partial charge on any atom is 0.203 e. The predicted octanol–water partition coefficient (Wildman–Crippen LogP) is 1.68. The Morgan fingerprint density at radius 1 is 1.61 bits per heavy atom. The Hall–Kier alpha value is -1.07. The summed E-state index contributed by atoms with van der Waals surface area (Å²) >= 11 is 0.